The van der Waals surface area contributed by atoms with E-state index >= 15 is 0 Å². The van der Waals surface area contributed by atoms with E-state index in [1.807, 2.05) is 0 Å². The number of hydrogen-bond donors (Lipinski definition) is 0. The van der Waals surface area contributed by atoms with Crippen molar-refractivity contribution < 1.29 is 38.1 Å². The maximum absolute atomic E-state index is 13.1. The number of rotatable bonds is 12. The maximum atomic E-state index is 13.1. The van der Waals surface area contributed by atoms with Gasteiger partial charge >= 0.3 is 23.9 Å². The first-order valence-corrected chi connectivity index (χ1v) is 18.0. The van der Waals surface area contributed by atoms with Gasteiger partial charge in [0.15, 0.2) is 11.5 Å². The molecule has 48 heavy (non-hydrogen) atoms. The fourth-order valence-electron chi connectivity index (χ4n) is 6.40. The molecule has 2 aromatic carbocycles. The van der Waals surface area contributed by atoms with Gasteiger partial charge in [-0.05, 0) is 86.2 Å². The second-order valence-electron chi connectivity index (χ2n) is 12.8. The smallest absolute Gasteiger partial charge is 0.423 e. The van der Waals surface area contributed by atoms with Crippen LogP contribution in [0, 0.1) is 35.5 Å². The predicted octanol–water partition coefficient (Wildman–Crippen LogP) is 10.6. The van der Waals surface area contributed by atoms with E-state index in [2.05, 4.69) is 27.7 Å². The highest BCUT2D eigenvalue weighted by Gasteiger charge is 2.35. The highest BCUT2D eigenvalue weighted by Crippen LogP contribution is 2.44. The summed E-state index contributed by atoms with van der Waals surface area (Å²) < 4.78 is 21.3. The molecule has 2 aliphatic rings. The van der Waals surface area contributed by atoms with Crippen LogP contribution in [-0.2, 0) is 19.1 Å². The molecule has 2 fully saturated rings. The third kappa shape index (κ3) is 8.85. The second kappa shape index (κ2) is 16.8. The molecule has 0 bridgehead atoms. The molecule has 0 N–H and O–H groups in total. The molecule has 8 nitrogen and oxygen atoms in total. The third-order valence-corrected chi connectivity index (χ3v) is 11.5. The first kappa shape index (κ1) is 38.9. The summed E-state index contributed by atoms with van der Waals surface area (Å²) in [5.74, 6) is -3.37. The van der Waals surface area contributed by atoms with Gasteiger partial charge < -0.3 is 18.9 Å². The topological polar surface area (TPSA) is 105 Å². The standard InChI is InChI=1S/C34H36Cl6O8/c1-15(2)19-7-5-17(19)9-11-45-31(41)25-27(39)21(35)13-23(37)29(25)47-33(43)34(44)48-30-24(38)14-22(36)28(40)26(30)32(42)46-12-10-18-6-8-20(18)16(3)4/h13-20H,5-12H2,1-4H3. The van der Waals surface area contributed by atoms with E-state index < -0.39 is 46.5 Å². The number of benzene rings is 2. The van der Waals surface area contributed by atoms with Crippen LogP contribution in [0.3, 0.4) is 0 Å². The van der Waals surface area contributed by atoms with Crippen LogP contribution in [0.5, 0.6) is 11.5 Å². The molecule has 0 radical (unpaired) electrons. The number of ether oxygens (including phenoxy) is 4. The number of carbonyl (C=O) groups excluding carboxylic acids is 4. The van der Waals surface area contributed by atoms with E-state index in [0.29, 0.717) is 48.3 Å². The van der Waals surface area contributed by atoms with Gasteiger partial charge in [-0.25, -0.2) is 19.2 Å². The normalized spacial score (nSPS) is 20.2. The number of hydrogen-bond acceptors (Lipinski definition) is 8. The highest BCUT2D eigenvalue weighted by atomic mass is 35.5. The summed E-state index contributed by atoms with van der Waals surface area (Å²) >= 11 is 37.5. The van der Waals surface area contributed by atoms with Gasteiger partial charge in [0, 0.05) is 0 Å². The Morgan fingerprint density at radius 2 is 0.958 bits per heavy atom. The molecule has 14 heteroatoms. The molecular weight excluding hydrogens is 749 g/mol. The Balaban J connectivity index is 1.47. The van der Waals surface area contributed by atoms with Crippen molar-refractivity contribution in [1.29, 1.82) is 0 Å². The molecule has 0 spiro atoms. The minimum absolute atomic E-state index is 0.0796. The largest absolute Gasteiger partial charge is 0.462 e. The summed E-state index contributed by atoms with van der Waals surface area (Å²) in [4.78, 5) is 52.3. The lowest BCUT2D eigenvalue weighted by molar-refractivity contribution is -0.156. The molecule has 4 atom stereocenters. The summed E-state index contributed by atoms with van der Waals surface area (Å²) in [5.41, 5.74) is -0.903. The molecule has 4 rings (SSSR count). The Morgan fingerprint density at radius 1 is 0.604 bits per heavy atom. The van der Waals surface area contributed by atoms with Gasteiger partial charge in [0.2, 0.25) is 0 Å². The number of esters is 4. The second-order valence-corrected chi connectivity index (χ2v) is 15.2. The van der Waals surface area contributed by atoms with Gasteiger partial charge in [-0.15, -0.1) is 0 Å². The van der Waals surface area contributed by atoms with Crippen LogP contribution in [0.15, 0.2) is 12.1 Å². The molecule has 0 amide bonds. The maximum Gasteiger partial charge on any atom is 0.423 e. The van der Waals surface area contributed by atoms with Crippen molar-refractivity contribution in [3.8, 4) is 11.5 Å². The minimum atomic E-state index is -1.63. The molecule has 0 aliphatic heterocycles. The average Bonchev–Trinajstić information content (AvgIpc) is 2.96. The van der Waals surface area contributed by atoms with Crippen LogP contribution in [0.4, 0.5) is 0 Å². The molecule has 4 unspecified atom stereocenters. The minimum Gasteiger partial charge on any atom is -0.462 e. The van der Waals surface area contributed by atoms with Crippen LogP contribution >= 0.6 is 69.6 Å². The van der Waals surface area contributed by atoms with Crippen molar-refractivity contribution in [2.75, 3.05) is 13.2 Å². The van der Waals surface area contributed by atoms with Crippen molar-refractivity contribution in [2.45, 2.75) is 66.2 Å². The van der Waals surface area contributed by atoms with Crippen molar-refractivity contribution >= 4 is 93.5 Å². The van der Waals surface area contributed by atoms with Crippen molar-refractivity contribution in [3.05, 3.63) is 53.4 Å². The zero-order valence-corrected chi connectivity index (χ0v) is 31.3. The van der Waals surface area contributed by atoms with Crippen LogP contribution in [0.25, 0.3) is 0 Å². The Bertz CT molecular complexity index is 1460. The van der Waals surface area contributed by atoms with E-state index in [-0.39, 0.29) is 43.3 Å². The van der Waals surface area contributed by atoms with Gasteiger partial charge in [0.25, 0.3) is 0 Å². The molecule has 0 heterocycles. The fourth-order valence-corrected chi connectivity index (χ4v) is 7.84. The Morgan fingerprint density at radius 3 is 1.25 bits per heavy atom. The van der Waals surface area contributed by atoms with Gasteiger partial charge in [0.05, 0.1) is 43.3 Å². The summed E-state index contributed by atoms with van der Waals surface area (Å²) in [7, 11) is 0. The molecule has 0 saturated heterocycles. The van der Waals surface area contributed by atoms with Crippen LogP contribution in [-0.4, -0.2) is 37.1 Å². The summed E-state index contributed by atoms with van der Waals surface area (Å²) in [6, 6.07) is 2.27. The zero-order valence-electron chi connectivity index (χ0n) is 26.8. The van der Waals surface area contributed by atoms with Crippen molar-refractivity contribution in [2.24, 2.45) is 35.5 Å². The van der Waals surface area contributed by atoms with E-state index in [1.165, 1.54) is 0 Å². The summed E-state index contributed by atoms with van der Waals surface area (Å²) in [6.07, 6.45) is 5.59. The lowest BCUT2D eigenvalue weighted by Gasteiger charge is -2.39. The molecule has 262 valence electrons. The van der Waals surface area contributed by atoms with Crippen LogP contribution < -0.4 is 9.47 Å². The lowest BCUT2D eigenvalue weighted by atomic mass is 9.67. The average molecular weight is 785 g/mol. The van der Waals surface area contributed by atoms with E-state index in [0.717, 1.165) is 37.8 Å². The first-order valence-electron chi connectivity index (χ1n) is 15.7. The number of carbonyl (C=O) groups is 4. The zero-order chi connectivity index (χ0) is 35.4. The monoisotopic (exact) mass is 782 g/mol. The molecule has 2 aromatic rings. The molecule has 2 aliphatic carbocycles. The van der Waals surface area contributed by atoms with Crippen LogP contribution in [0.1, 0.15) is 86.9 Å². The lowest BCUT2D eigenvalue weighted by Crippen LogP contribution is -2.31. The van der Waals surface area contributed by atoms with Gasteiger partial charge in [-0.3, -0.25) is 0 Å². The SMILES string of the molecule is CC(C)C1CCC1CCOC(=O)c1c(Cl)c(Cl)cc(Cl)c1OC(=O)C(=O)Oc1c(Cl)cc(Cl)c(Cl)c1C(=O)OCCC1CCC1C(C)C. The van der Waals surface area contributed by atoms with Gasteiger partial charge in [-0.1, -0.05) is 97.3 Å². The molecular formula is C34H36Cl6O8. The number of halogens is 6. The van der Waals surface area contributed by atoms with Gasteiger partial charge in [0.1, 0.15) is 11.1 Å². The molecule has 2 saturated carbocycles. The Hall–Kier alpha value is -1.94. The first-order chi connectivity index (χ1) is 22.6. The summed E-state index contributed by atoms with van der Waals surface area (Å²) in [6.45, 7) is 8.78. The van der Waals surface area contributed by atoms with Crippen molar-refractivity contribution in [3.63, 3.8) is 0 Å². The Labute approximate surface area is 309 Å². The van der Waals surface area contributed by atoms with E-state index in [1.54, 1.807) is 0 Å². The quantitative estimate of drug-likeness (QED) is 0.0907. The van der Waals surface area contributed by atoms with E-state index in [4.69, 9.17) is 88.6 Å². The highest BCUT2D eigenvalue weighted by molar-refractivity contribution is 6.47. The fraction of sp³-hybridized carbons (Fsp3) is 0.529. The molecule has 0 aromatic heterocycles. The Kier molecular flexibility index (Phi) is 13.6. The predicted molar refractivity (Wildman–Crippen MR) is 186 cm³/mol. The van der Waals surface area contributed by atoms with Crippen LogP contribution in [0.2, 0.25) is 30.1 Å². The van der Waals surface area contributed by atoms with Crippen molar-refractivity contribution in [1.82, 2.24) is 0 Å². The third-order valence-electron chi connectivity index (χ3n) is 9.33. The van der Waals surface area contributed by atoms with Gasteiger partial charge in [-0.2, -0.15) is 0 Å². The van der Waals surface area contributed by atoms with E-state index in [9.17, 15) is 19.2 Å². The summed E-state index contributed by atoms with van der Waals surface area (Å²) in [5, 5.41) is -1.44.